The largest absolute Gasteiger partial charge is 0.494 e. The van der Waals surface area contributed by atoms with Crippen LogP contribution in [0.5, 0.6) is 5.75 Å². The van der Waals surface area contributed by atoms with Gasteiger partial charge in [0.25, 0.3) is 0 Å². The maximum absolute atomic E-state index is 11.9. The maximum atomic E-state index is 11.9. The van der Waals surface area contributed by atoms with Gasteiger partial charge in [-0.2, -0.15) is 0 Å². The van der Waals surface area contributed by atoms with E-state index >= 15 is 0 Å². The fraction of sp³-hybridized carbons (Fsp3) is 0.368. The smallest absolute Gasteiger partial charge is 0.320 e. The molecule has 0 aliphatic carbocycles. The lowest BCUT2D eigenvalue weighted by Gasteiger charge is -2.15. The van der Waals surface area contributed by atoms with Crippen molar-refractivity contribution in [2.24, 2.45) is 5.92 Å². The van der Waals surface area contributed by atoms with Crippen LogP contribution in [0.15, 0.2) is 42.5 Å². The summed E-state index contributed by atoms with van der Waals surface area (Å²) in [7, 11) is 0. The summed E-state index contributed by atoms with van der Waals surface area (Å²) in [6.07, 6.45) is 0.213. The molecule has 24 heavy (non-hydrogen) atoms. The van der Waals surface area contributed by atoms with Gasteiger partial charge in [-0.1, -0.05) is 30.3 Å². The van der Waals surface area contributed by atoms with E-state index in [4.69, 9.17) is 14.2 Å². The Bertz CT molecular complexity index is 677. The van der Waals surface area contributed by atoms with Gasteiger partial charge in [0.1, 0.15) is 5.75 Å². The van der Waals surface area contributed by atoms with Crippen molar-refractivity contribution < 1.29 is 23.8 Å². The van der Waals surface area contributed by atoms with E-state index in [0.717, 1.165) is 10.8 Å². The molecule has 0 heterocycles. The lowest BCUT2D eigenvalue weighted by Crippen LogP contribution is -2.29. The van der Waals surface area contributed by atoms with Crippen molar-refractivity contribution in [2.45, 2.75) is 20.3 Å². The summed E-state index contributed by atoms with van der Waals surface area (Å²) in [6, 6.07) is 13.7. The Hall–Kier alpha value is -2.56. The predicted molar refractivity (Wildman–Crippen MR) is 90.8 cm³/mol. The standard InChI is InChI=1S/C19H22O5/c1-3-22-18(20)17(19(21)23-4-2)11-12-24-16-10-9-14-7-5-6-8-15(14)13-16/h5-10,13,17H,3-4,11-12H2,1-2H3. The first kappa shape index (κ1) is 17.8. The van der Waals surface area contributed by atoms with Crippen molar-refractivity contribution in [3.05, 3.63) is 42.5 Å². The van der Waals surface area contributed by atoms with Crippen LogP contribution in [0.1, 0.15) is 20.3 Å². The summed E-state index contributed by atoms with van der Waals surface area (Å²) < 4.78 is 15.6. The van der Waals surface area contributed by atoms with Crippen LogP contribution in [-0.2, 0) is 19.1 Å². The number of carbonyl (C=O) groups is 2. The minimum absolute atomic E-state index is 0.213. The molecule has 0 spiro atoms. The van der Waals surface area contributed by atoms with Crippen LogP contribution in [-0.4, -0.2) is 31.8 Å². The third kappa shape index (κ3) is 4.72. The lowest BCUT2D eigenvalue weighted by atomic mass is 10.1. The third-order valence-electron chi connectivity index (χ3n) is 3.54. The zero-order valence-electron chi connectivity index (χ0n) is 14.0. The maximum Gasteiger partial charge on any atom is 0.320 e. The molecule has 0 unspecified atom stereocenters. The normalized spacial score (nSPS) is 10.6. The van der Waals surface area contributed by atoms with E-state index < -0.39 is 17.9 Å². The highest BCUT2D eigenvalue weighted by molar-refractivity contribution is 5.94. The Kier molecular flexibility index (Phi) is 6.61. The van der Waals surface area contributed by atoms with Crippen molar-refractivity contribution >= 4 is 22.7 Å². The van der Waals surface area contributed by atoms with Crippen molar-refractivity contribution in [1.29, 1.82) is 0 Å². The molecular formula is C19H22O5. The molecule has 0 atom stereocenters. The summed E-state index contributed by atoms with van der Waals surface area (Å²) in [4.78, 5) is 23.8. The van der Waals surface area contributed by atoms with Gasteiger partial charge >= 0.3 is 11.9 Å². The van der Waals surface area contributed by atoms with Gasteiger partial charge in [-0.3, -0.25) is 9.59 Å². The molecule has 5 heteroatoms. The van der Waals surface area contributed by atoms with Gasteiger partial charge in [-0.05, 0) is 36.8 Å². The second kappa shape index (κ2) is 8.91. The first-order valence-electron chi connectivity index (χ1n) is 8.10. The molecular weight excluding hydrogens is 308 g/mol. The highest BCUT2D eigenvalue weighted by Gasteiger charge is 2.29. The Morgan fingerprint density at radius 2 is 1.54 bits per heavy atom. The molecule has 0 amide bonds. The topological polar surface area (TPSA) is 61.8 Å². The Morgan fingerprint density at radius 1 is 0.917 bits per heavy atom. The zero-order valence-corrected chi connectivity index (χ0v) is 14.0. The first-order chi connectivity index (χ1) is 11.7. The molecule has 0 saturated heterocycles. The number of esters is 2. The summed E-state index contributed by atoms with van der Waals surface area (Å²) >= 11 is 0. The second-order valence-electron chi connectivity index (χ2n) is 5.20. The van der Waals surface area contributed by atoms with Crippen LogP contribution in [0.25, 0.3) is 10.8 Å². The second-order valence-corrected chi connectivity index (χ2v) is 5.20. The molecule has 0 saturated carbocycles. The van der Waals surface area contributed by atoms with Crippen LogP contribution in [0.3, 0.4) is 0 Å². The third-order valence-corrected chi connectivity index (χ3v) is 3.54. The predicted octanol–water partition coefficient (Wildman–Crippen LogP) is 3.35. The Morgan fingerprint density at radius 3 is 2.17 bits per heavy atom. The lowest BCUT2D eigenvalue weighted by molar-refractivity contribution is -0.162. The van der Waals surface area contributed by atoms with E-state index in [2.05, 4.69) is 0 Å². The molecule has 0 aliphatic heterocycles. The van der Waals surface area contributed by atoms with E-state index in [0.29, 0.717) is 5.75 Å². The number of carbonyl (C=O) groups excluding carboxylic acids is 2. The molecule has 2 aromatic carbocycles. The highest BCUT2D eigenvalue weighted by atomic mass is 16.6. The molecule has 128 valence electrons. The summed E-state index contributed by atoms with van der Waals surface area (Å²) in [5, 5.41) is 2.20. The number of ether oxygens (including phenoxy) is 3. The average Bonchev–Trinajstić information content (AvgIpc) is 2.59. The van der Waals surface area contributed by atoms with Gasteiger partial charge in [-0.25, -0.2) is 0 Å². The zero-order chi connectivity index (χ0) is 17.4. The van der Waals surface area contributed by atoms with Crippen LogP contribution < -0.4 is 4.74 Å². The quantitative estimate of drug-likeness (QED) is 0.549. The molecule has 0 bridgehead atoms. The van der Waals surface area contributed by atoms with Crippen molar-refractivity contribution in [1.82, 2.24) is 0 Å². The number of rotatable bonds is 8. The number of benzene rings is 2. The van der Waals surface area contributed by atoms with E-state index in [-0.39, 0.29) is 26.2 Å². The fourth-order valence-electron chi connectivity index (χ4n) is 2.37. The van der Waals surface area contributed by atoms with Gasteiger partial charge in [0.15, 0.2) is 5.92 Å². The van der Waals surface area contributed by atoms with E-state index in [1.165, 1.54) is 0 Å². The van der Waals surface area contributed by atoms with Gasteiger partial charge < -0.3 is 14.2 Å². The molecule has 0 radical (unpaired) electrons. The van der Waals surface area contributed by atoms with E-state index in [9.17, 15) is 9.59 Å². The Balaban J connectivity index is 1.97. The Labute approximate surface area is 141 Å². The number of fused-ring (bicyclic) bond motifs is 1. The minimum atomic E-state index is -0.953. The van der Waals surface area contributed by atoms with Crippen molar-refractivity contribution in [2.75, 3.05) is 19.8 Å². The molecule has 0 aliphatic rings. The van der Waals surface area contributed by atoms with Gasteiger partial charge in [0, 0.05) is 6.42 Å². The van der Waals surface area contributed by atoms with Crippen LogP contribution in [0.2, 0.25) is 0 Å². The molecule has 2 aromatic rings. The van der Waals surface area contributed by atoms with Crippen LogP contribution >= 0.6 is 0 Å². The number of hydrogen-bond acceptors (Lipinski definition) is 5. The molecule has 0 fully saturated rings. The van der Waals surface area contributed by atoms with Gasteiger partial charge in [-0.15, -0.1) is 0 Å². The summed E-state index contributed by atoms with van der Waals surface area (Å²) in [6.45, 7) is 4.07. The van der Waals surface area contributed by atoms with Crippen molar-refractivity contribution in [3.63, 3.8) is 0 Å². The van der Waals surface area contributed by atoms with E-state index in [1.54, 1.807) is 13.8 Å². The SMILES string of the molecule is CCOC(=O)C(CCOc1ccc2ccccc2c1)C(=O)OCC. The summed E-state index contributed by atoms with van der Waals surface area (Å²) in [5.74, 6) is -1.40. The minimum Gasteiger partial charge on any atom is -0.494 e. The number of hydrogen-bond donors (Lipinski definition) is 0. The van der Waals surface area contributed by atoms with Crippen molar-refractivity contribution in [3.8, 4) is 5.75 Å². The summed E-state index contributed by atoms with van der Waals surface area (Å²) in [5.41, 5.74) is 0. The van der Waals surface area contributed by atoms with E-state index in [1.807, 2.05) is 42.5 Å². The van der Waals surface area contributed by atoms with Crippen LogP contribution in [0.4, 0.5) is 0 Å². The highest BCUT2D eigenvalue weighted by Crippen LogP contribution is 2.21. The molecule has 5 nitrogen and oxygen atoms in total. The molecule has 0 aromatic heterocycles. The molecule has 0 N–H and O–H groups in total. The van der Waals surface area contributed by atoms with Gasteiger partial charge in [0.2, 0.25) is 0 Å². The molecule has 2 rings (SSSR count). The van der Waals surface area contributed by atoms with Crippen LogP contribution in [0, 0.1) is 5.92 Å². The monoisotopic (exact) mass is 330 g/mol. The average molecular weight is 330 g/mol. The first-order valence-corrected chi connectivity index (χ1v) is 8.10. The van der Waals surface area contributed by atoms with Gasteiger partial charge in [0.05, 0.1) is 19.8 Å². The fourth-order valence-corrected chi connectivity index (χ4v) is 2.37.